The van der Waals surface area contributed by atoms with Gasteiger partial charge in [0.2, 0.25) is 10.0 Å². The summed E-state index contributed by atoms with van der Waals surface area (Å²) in [6.07, 6.45) is 0. The Labute approximate surface area is 171 Å². The molecule has 3 N–H and O–H groups in total. The van der Waals surface area contributed by atoms with Crippen LogP contribution in [0.4, 0.5) is 5.69 Å². The van der Waals surface area contributed by atoms with Crippen LogP contribution in [-0.2, 0) is 14.8 Å². The molecule has 29 heavy (non-hydrogen) atoms. The molecule has 1 atom stereocenters. The van der Waals surface area contributed by atoms with E-state index in [1.165, 1.54) is 12.1 Å². The number of carbonyl (C=O) groups is 1. The molecule has 1 aliphatic rings. The van der Waals surface area contributed by atoms with Gasteiger partial charge in [-0.1, -0.05) is 23.8 Å². The monoisotopic (exact) mass is 417 g/mol. The Kier molecular flexibility index (Phi) is 6.26. The van der Waals surface area contributed by atoms with Crippen LogP contribution in [0.1, 0.15) is 40.0 Å². The lowest BCUT2D eigenvalue weighted by atomic mass is 9.99. The molecule has 0 unspecified atom stereocenters. The van der Waals surface area contributed by atoms with Gasteiger partial charge in [0.15, 0.2) is 0 Å². The van der Waals surface area contributed by atoms with Crippen LogP contribution in [0.3, 0.4) is 0 Å². The lowest BCUT2D eigenvalue weighted by Crippen LogP contribution is -2.38. The van der Waals surface area contributed by atoms with E-state index in [4.69, 9.17) is 9.88 Å². The number of hydrogen-bond acceptors (Lipinski definition) is 5. The summed E-state index contributed by atoms with van der Waals surface area (Å²) in [6, 6.07) is 10.3. The second-order valence-corrected chi connectivity index (χ2v) is 8.94. The smallest absolute Gasteiger partial charge is 0.253 e. The van der Waals surface area contributed by atoms with Crippen molar-refractivity contribution < 1.29 is 17.9 Å². The number of sulfonamides is 1. The standard InChI is InChI=1S/C21H27N3O4S/c1-14-4-5-15(2)18(12-14)16(3)23-21(25)19-13-17(29(22,26)27)6-7-20(19)24-8-10-28-11-9-24/h4-7,12-13,16H,8-11H2,1-3H3,(H,23,25)(H2,22,26,27)/t16-/m1/s1. The third-order valence-corrected chi connectivity index (χ3v) is 6.05. The molecule has 7 nitrogen and oxygen atoms in total. The molecular formula is C21H27N3O4S. The summed E-state index contributed by atoms with van der Waals surface area (Å²) in [7, 11) is -3.92. The van der Waals surface area contributed by atoms with Crippen LogP contribution in [0, 0.1) is 13.8 Å². The van der Waals surface area contributed by atoms with E-state index in [1.54, 1.807) is 6.07 Å². The first kappa shape index (κ1) is 21.3. The molecule has 2 aromatic rings. The van der Waals surface area contributed by atoms with Gasteiger partial charge in [-0.3, -0.25) is 4.79 Å². The molecular weight excluding hydrogens is 390 g/mol. The van der Waals surface area contributed by atoms with Gasteiger partial charge in [0.1, 0.15) is 0 Å². The number of amides is 1. The topological polar surface area (TPSA) is 102 Å². The van der Waals surface area contributed by atoms with Gasteiger partial charge in [-0.15, -0.1) is 0 Å². The number of ether oxygens (including phenoxy) is 1. The highest BCUT2D eigenvalue weighted by molar-refractivity contribution is 7.89. The number of nitrogens with one attached hydrogen (secondary N) is 1. The fourth-order valence-electron chi connectivity index (χ4n) is 3.53. The summed E-state index contributed by atoms with van der Waals surface area (Å²) < 4.78 is 29.1. The van der Waals surface area contributed by atoms with Gasteiger partial charge in [0.05, 0.1) is 29.7 Å². The van der Waals surface area contributed by atoms with Crippen LogP contribution in [0.25, 0.3) is 0 Å². The number of morpholine rings is 1. The lowest BCUT2D eigenvalue weighted by Gasteiger charge is -2.30. The molecule has 0 aromatic heterocycles. The summed E-state index contributed by atoms with van der Waals surface area (Å²) in [5.41, 5.74) is 4.17. The molecule has 1 amide bonds. The van der Waals surface area contributed by atoms with Crippen molar-refractivity contribution in [1.29, 1.82) is 0 Å². The second-order valence-electron chi connectivity index (χ2n) is 7.38. The fourth-order valence-corrected chi connectivity index (χ4v) is 4.07. The second kappa shape index (κ2) is 8.52. The molecule has 0 aliphatic carbocycles. The number of aryl methyl sites for hydroxylation is 2. The third-order valence-electron chi connectivity index (χ3n) is 5.14. The van der Waals surface area contributed by atoms with E-state index in [0.717, 1.165) is 16.7 Å². The van der Waals surface area contributed by atoms with Crippen LogP contribution < -0.4 is 15.4 Å². The molecule has 0 radical (unpaired) electrons. The minimum absolute atomic E-state index is 0.0842. The maximum Gasteiger partial charge on any atom is 0.253 e. The van der Waals surface area contributed by atoms with E-state index >= 15 is 0 Å². The largest absolute Gasteiger partial charge is 0.378 e. The van der Waals surface area contributed by atoms with E-state index in [9.17, 15) is 13.2 Å². The summed E-state index contributed by atoms with van der Waals surface area (Å²) in [5.74, 6) is -0.342. The van der Waals surface area contributed by atoms with Crippen molar-refractivity contribution in [2.24, 2.45) is 5.14 Å². The number of rotatable bonds is 5. The van der Waals surface area contributed by atoms with Crippen LogP contribution >= 0.6 is 0 Å². The molecule has 0 bridgehead atoms. The van der Waals surface area contributed by atoms with Crippen molar-refractivity contribution in [2.75, 3.05) is 31.2 Å². The highest BCUT2D eigenvalue weighted by Gasteiger charge is 2.23. The van der Waals surface area contributed by atoms with Crippen LogP contribution in [0.2, 0.25) is 0 Å². The summed E-state index contributed by atoms with van der Waals surface area (Å²) in [4.78, 5) is 15.1. The Morgan fingerprint density at radius 1 is 1.14 bits per heavy atom. The number of carbonyl (C=O) groups excluding carboxylic acids is 1. The number of benzene rings is 2. The molecule has 156 valence electrons. The zero-order valence-corrected chi connectivity index (χ0v) is 17.8. The van der Waals surface area contributed by atoms with Crippen molar-refractivity contribution in [3.05, 3.63) is 58.7 Å². The Hall–Kier alpha value is -2.42. The van der Waals surface area contributed by atoms with Crippen molar-refractivity contribution >= 4 is 21.6 Å². The molecule has 1 fully saturated rings. The van der Waals surface area contributed by atoms with Crippen molar-refractivity contribution in [3.63, 3.8) is 0 Å². The number of hydrogen-bond donors (Lipinski definition) is 2. The summed E-state index contributed by atoms with van der Waals surface area (Å²) >= 11 is 0. The lowest BCUT2D eigenvalue weighted by molar-refractivity contribution is 0.0938. The van der Waals surface area contributed by atoms with Crippen molar-refractivity contribution in [1.82, 2.24) is 5.32 Å². The molecule has 1 aliphatic heterocycles. The maximum atomic E-state index is 13.2. The van der Waals surface area contributed by atoms with E-state index in [2.05, 4.69) is 5.32 Å². The Morgan fingerprint density at radius 2 is 1.83 bits per heavy atom. The van der Waals surface area contributed by atoms with Gasteiger partial charge in [-0.2, -0.15) is 0 Å². The van der Waals surface area contributed by atoms with Crippen LogP contribution in [0.15, 0.2) is 41.3 Å². The van der Waals surface area contributed by atoms with E-state index in [-0.39, 0.29) is 22.4 Å². The molecule has 8 heteroatoms. The first-order chi connectivity index (χ1) is 13.7. The number of primary sulfonamides is 1. The van der Waals surface area contributed by atoms with Crippen molar-refractivity contribution in [2.45, 2.75) is 31.7 Å². The summed E-state index contributed by atoms with van der Waals surface area (Å²) in [6.45, 7) is 8.27. The van der Waals surface area contributed by atoms with Gasteiger partial charge in [0, 0.05) is 18.8 Å². The van der Waals surface area contributed by atoms with Crippen LogP contribution in [0.5, 0.6) is 0 Å². The first-order valence-electron chi connectivity index (χ1n) is 9.54. The molecule has 2 aromatic carbocycles. The number of anilines is 1. The van der Waals surface area contributed by atoms with Gasteiger partial charge in [0.25, 0.3) is 5.91 Å². The molecule has 0 saturated carbocycles. The maximum absolute atomic E-state index is 13.2. The fraction of sp³-hybridized carbons (Fsp3) is 0.381. The minimum Gasteiger partial charge on any atom is -0.378 e. The van der Waals surface area contributed by atoms with Crippen LogP contribution in [-0.4, -0.2) is 40.6 Å². The Morgan fingerprint density at radius 3 is 2.48 bits per heavy atom. The van der Waals surface area contributed by atoms with Gasteiger partial charge in [-0.05, 0) is 50.1 Å². The molecule has 1 heterocycles. The summed E-state index contributed by atoms with van der Waals surface area (Å²) in [5, 5.41) is 8.30. The van der Waals surface area contributed by atoms with Gasteiger partial charge in [-0.25, -0.2) is 13.6 Å². The number of nitrogens with zero attached hydrogens (tertiary/aromatic N) is 1. The highest BCUT2D eigenvalue weighted by Crippen LogP contribution is 2.26. The SMILES string of the molecule is Cc1ccc(C)c([C@@H](C)NC(=O)c2cc(S(N)(=O)=O)ccc2N2CCOCC2)c1. The van der Waals surface area contributed by atoms with Gasteiger partial charge < -0.3 is 15.0 Å². The average Bonchev–Trinajstić information content (AvgIpc) is 2.69. The molecule has 0 spiro atoms. The zero-order valence-electron chi connectivity index (χ0n) is 16.9. The first-order valence-corrected chi connectivity index (χ1v) is 11.1. The minimum atomic E-state index is -3.92. The predicted molar refractivity (Wildman–Crippen MR) is 113 cm³/mol. The van der Waals surface area contributed by atoms with E-state index < -0.39 is 10.0 Å². The third kappa shape index (κ3) is 4.95. The molecule has 3 rings (SSSR count). The van der Waals surface area contributed by atoms with Gasteiger partial charge >= 0.3 is 0 Å². The van der Waals surface area contributed by atoms with Crippen molar-refractivity contribution in [3.8, 4) is 0 Å². The Balaban J connectivity index is 1.95. The predicted octanol–water partition coefficient (Wildman–Crippen LogP) is 2.28. The highest BCUT2D eigenvalue weighted by atomic mass is 32.2. The van der Waals surface area contributed by atoms with E-state index in [0.29, 0.717) is 32.0 Å². The Bertz CT molecular complexity index is 1010. The molecule has 1 saturated heterocycles. The normalized spacial score (nSPS) is 15.8. The zero-order chi connectivity index (χ0) is 21.2. The average molecular weight is 418 g/mol. The number of nitrogens with two attached hydrogens (primary N) is 1. The quantitative estimate of drug-likeness (QED) is 0.777. The van der Waals surface area contributed by atoms with E-state index in [1.807, 2.05) is 43.9 Å².